The van der Waals surface area contributed by atoms with E-state index in [0.717, 1.165) is 0 Å². The SMILES string of the molecule is O=C(O)c1ccc2nnc(-c3cccc(Cl)c3Cl)n2c1. The number of nitrogens with zero attached hydrogens (tertiary/aromatic N) is 3. The first-order valence-electron chi connectivity index (χ1n) is 5.60. The molecule has 7 heteroatoms. The molecule has 0 atom stereocenters. The number of hydrogen-bond donors (Lipinski definition) is 1. The summed E-state index contributed by atoms with van der Waals surface area (Å²) in [5.41, 5.74) is 1.26. The Labute approximate surface area is 123 Å². The van der Waals surface area contributed by atoms with Crippen LogP contribution in [-0.2, 0) is 0 Å². The maximum Gasteiger partial charge on any atom is 0.337 e. The molecule has 20 heavy (non-hydrogen) atoms. The first-order chi connectivity index (χ1) is 9.58. The van der Waals surface area contributed by atoms with Crippen molar-refractivity contribution in [3.05, 3.63) is 52.1 Å². The number of carboxylic acid groups (broad SMARTS) is 1. The molecule has 2 heterocycles. The molecular weight excluding hydrogens is 301 g/mol. The average Bonchev–Trinajstić information content (AvgIpc) is 2.84. The molecule has 1 aromatic carbocycles. The topological polar surface area (TPSA) is 67.5 Å². The Balaban J connectivity index is 2.28. The van der Waals surface area contributed by atoms with Crippen LogP contribution in [0.25, 0.3) is 17.0 Å². The van der Waals surface area contributed by atoms with E-state index < -0.39 is 5.97 Å². The van der Waals surface area contributed by atoms with Crippen molar-refractivity contribution >= 4 is 34.8 Å². The smallest absolute Gasteiger partial charge is 0.337 e. The number of carboxylic acids is 1. The summed E-state index contributed by atoms with van der Waals surface area (Å²) in [6.45, 7) is 0. The van der Waals surface area contributed by atoms with Crippen LogP contribution in [0.5, 0.6) is 0 Å². The van der Waals surface area contributed by atoms with Crippen LogP contribution in [0.3, 0.4) is 0 Å². The Hall–Kier alpha value is -2.11. The van der Waals surface area contributed by atoms with E-state index in [9.17, 15) is 4.79 Å². The summed E-state index contributed by atoms with van der Waals surface area (Å²) in [5, 5.41) is 17.8. The van der Waals surface area contributed by atoms with E-state index in [0.29, 0.717) is 27.1 Å². The predicted molar refractivity (Wildman–Crippen MR) is 75.4 cm³/mol. The largest absolute Gasteiger partial charge is 0.478 e. The van der Waals surface area contributed by atoms with Gasteiger partial charge in [0.05, 0.1) is 15.6 Å². The van der Waals surface area contributed by atoms with Crippen LogP contribution in [0.4, 0.5) is 0 Å². The summed E-state index contributed by atoms with van der Waals surface area (Å²) in [7, 11) is 0. The fourth-order valence-electron chi connectivity index (χ4n) is 1.88. The minimum atomic E-state index is -1.02. The van der Waals surface area contributed by atoms with Gasteiger partial charge in [-0.2, -0.15) is 0 Å². The van der Waals surface area contributed by atoms with Crippen molar-refractivity contribution in [1.29, 1.82) is 0 Å². The van der Waals surface area contributed by atoms with Crippen molar-refractivity contribution in [3.8, 4) is 11.4 Å². The number of benzene rings is 1. The summed E-state index contributed by atoms with van der Waals surface area (Å²) in [6, 6.07) is 8.21. The summed E-state index contributed by atoms with van der Waals surface area (Å²) in [5.74, 6) is -0.584. The van der Waals surface area contributed by atoms with Crippen LogP contribution in [-0.4, -0.2) is 25.7 Å². The molecule has 0 spiro atoms. The van der Waals surface area contributed by atoms with E-state index in [1.54, 1.807) is 28.7 Å². The molecule has 5 nitrogen and oxygen atoms in total. The molecule has 0 fully saturated rings. The van der Waals surface area contributed by atoms with Gasteiger partial charge in [-0.15, -0.1) is 10.2 Å². The summed E-state index contributed by atoms with van der Waals surface area (Å²) in [6.07, 6.45) is 1.45. The second-order valence-electron chi connectivity index (χ2n) is 4.08. The van der Waals surface area contributed by atoms with Gasteiger partial charge >= 0.3 is 5.97 Å². The maximum atomic E-state index is 11.0. The number of hydrogen-bond acceptors (Lipinski definition) is 3. The average molecular weight is 308 g/mol. The van der Waals surface area contributed by atoms with Gasteiger partial charge in [-0.25, -0.2) is 4.79 Å². The highest BCUT2D eigenvalue weighted by Crippen LogP contribution is 2.32. The van der Waals surface area contributed by atoms with Crippen molar-refractivity contribution in [1.82, 2.24) is 14.6 Å². The Morgan fingerprint density at radius 1 is 1.15 bits per heavy atom. The van der Waals surface area contributed by atoms with Gasteiger partial charge in [0.15, 0.2) is 11.5 Å². The molecule has 1 N–H and O–H groups in total. The Kier molecular flexibility index (Phi) is 3.08. The van der Waals surface area contributed by atoms with Gasteiger partial charge in [-0.1, -0.05) is 29.3 Å². The third-order valence-corrected chi connectivity index (χ3v) is 3.66. The van der Waals surface area contributed by atoms with E-state index in [1.165, 1.54) is 12.3 Å². The van der Waals surface area contributed by atoms with E-state index in [1.807, 2.05) is 0 Å². The quantitative estimate of drug-likeness (QED) is 0.788. The van der Waals surface area contributed by atoms with Crippen molar-refractivity contribution in [2.24, 2.45) is 0 Å². The van der Waals surface area contributed by atoms with Gasteiger partial charge in [0.25, 0.3) is 0 Å². The Morgan fingerprint density at radius 2 is 1.95 bits per heavy atom. The zero-order valence-electron chi connectivity index (χ0n) is 9.92. The fraction of sp³-hybridized carbons (Fsp3) is 0. The third kappa shape index (κ3) is 2.01. The van der Waals surface area contributed by atoms with Crippen molar-refractivity contribution < 1.29 is 9.90 Å². The zero-order chi connectivity index (χ0) is 14.3. The van der Waals surface area contributed by atoms with Gasteiger partial charge in [0.1, 0.15) is 0 Å². The molecular formula is C13H7Cl2N3O2. The van der Waals surface area contributed by atoms with Gasteiger partial charge in [0.2, 0.25) is 0 Å². The molecule has 0 aliphatic heterocycles. The predicted octanol–water partition coefficient (Wildman–Crippen LogP) is 3.40. The van der Waals surface area contributed by atoms with Crippen molar-refractivity contribution in [2.45, 2.75) is 0 Å². The number of halogens is 2. The summed E-state index contributed by atoms with van der Waals surface area (Å²) in [4.78, 5) is 11.0. The fourth-order valence-corrected chi connectivity index (χ4v) is 2.26. The lowest BCUT2D eigenvalue weighted by molar-refractivity contribution is 0.0696. The monoisotopic (exact) mass is 307 g/mol. The lowest BCUT2D eigenvalue weighted by atomic mass is 10.2. The molecule has 0 saturated heterocycles. The molecule has 0 bridgehead atoms. The van der Waals surface area contributed by atoms with E-state index in [-0.39, 0.29) is 5.56 Å². The van der Waals surface area contributed by atoms with Crippen LogP contribution >= 0.6 is 23.2 Å². The van der Waals surface area contributed by atoms with E-state index in [4.69, 9.17) is 28.3 Å². The molecule has 3 aromatic rings. The van der Waals surface area contributed by atoms with Crippen LogP contribution in [0.2, 0.25) is 10.0 Å². The molecule has 0 aliphatic rings. The first-order valence-corrected chi connectivity index (χ1v) is 6.36. The van der Waals surface area contributed by atoms with Crippen LogP contribution < -0.4 is 0 Å². The van der Waals surface area contributed by atoms with Gasteiger partial charge in [-0.3, -0.25) is 4.40 Å². The maximum absolute atomic E-state index is 11.0. The van der Waals surface area contributed by atoms with Gasteiger partial charge in [0, 0.05) is 11.8 Å². The second kappa shape index (κ2) is 4.77. The number of carbonyl (C=O) groups is 1. The lowest BCUT2D eigenvalue weighted by Gasteiger charge is -2.04. The molecule has 100 valence electrons. The molecule has 3 rings (SSSR count). The minimum Gasteiger partial charge on any atom is -0.478 e. The van der Waals surface area contributed by atoms with Crippen molar-refractivity contribution in [3.63, 3.8) is 0 Å². The normalized spacial score (nSPS) is 10.9. The Morgan fingerprint density at radius 3 is 2.70 bits per heavy atom. The zero-order valence-corrected chi connectivity index (χ0v) is 11.4. The minimum absolute atomic E-state index is 0.136. The summed E-state index contributed by atoms with van der Waals surface area (Å²) < 4.78 is 1.57. The van der Waals surface area contributed by atoms with E-state index in [2.05, 4.69) is 10.2 Å². The second-order valence-corrected chi connectivity index (χ2v) is 4.86. The highest BCUT2D eigenvalue weighted by atomic mass is 35.5. The molecule has 2 aromatic heterocycles. The number of aromatic carboxylic acids is 1. The standard InChI is InChI=1S/C13H7Cl2N3O2/c14-9-3-1-2-8(11(9)15)12-17-16-10-5-4-7(13(19)20)6-18(10)12/h1-6H,(H,19,20). The number of pyridine rings is 1. The summed E-state index contributed by atoms with van der Waals surface area (Å²) >= 11 is 12.1. The van der Waals surface area contributed by atoms with Gasteiger partial charge in [-0.05, 0) is 24.3 Å². The number of rotatable bonds is 2. The van der Waals surface area contributed by atoms with Crippen molar-refractivity contribution in [2.75, 3.05) is 0 Å². The lowest BCUT2D eigenvalue weighted by Crippen LogP contribution is -1.99. The molecule has 0 radical (unpaired) electrons. The highest BCUT2D eigenvalue weighted by molar-refractivity contribution is 6.43. The molecule has 0 aliphatic carbocycles. The molecule has 0 amide bonds. The number of aromatic nitrogens is 3. The molecule has 0 unspecified atom stereocenters. The first kappa shape index (κ1) is 12.9. The molecule has 0 saturated carbocycles. The van der Waals surface area contributed by atoms with Crippen LogP contribution in [0, 0.1) is 0 Å². The van der Waals surface area contributed by atoms with Crippen LogP contribution in [0.15, 0.2) is 36.5 Å². The highest BCUT2D eigenvalue weighted by Gasteiger charge is 2.14. The van der Waals surface area contributed by atoms with Crippen LogP contribution in [0.1, 0.15) is 10.4 Å². The van der Waals surface area contributed by atoms with Gasteiger partial charge < -0.3 is 5.11 Å². The third-order valence-electron chi connectivity index (χ3n) is 2.84. The Bertz CT molecular complexity index is 830. The van der Waals surface area contributed by atoms with E-state index >= 15 is 0 Å². The number of fused-ring (bicyclic) bond motifs is 1.